The van der Waals surface area contributed by atoms with Crippen LogP contribution in [-0.2, 0) is 9.47 Å². The number of likely N-dealkylation sites (tertiary alicyclic amines) is 1. The van der Waals surface area contributed by atoms with E-state index in [0.29, 0.717) is 5.92 Å². The summed E-state index contributed by atoms with van der Waals surface area (Å²) in [5.41, 5.74) is 0. The van der Waals surface area contributed by atoms with Crippen LogP contribution in [-0.4, -0.2) is 44.0 Å². The number of nitrogens with zero attached hydrogens (tertiary/aromatic N) is 1. The third-order valence-corrected chi connectivity index (χ3v) is 3.10. The van der Waals surface area contributed by atoms with Gasteiger partial charge in [0.1, 0.15) is 0 Å². The Kier molecular flexibility index (Phi) is 3.79. The number of hydrogen-bond acceptors (Lipinski definition) is 3. The van der Waals surface area contributed by atoms with Crippen LogP contribution in [0.25, 0.3) is 0 Å². The maximum Gasteiger partial charge on any atom is 0.154 e. The predicted octanol–water partition coefficient (Wildman–Crippen LogP) is 1.48. The number of ether oxygens (including phenoxy) is 2. The zero-order valence-electron chi connectivity index (χ0n) is 9.08. The van der Waals surface area contributed by atoms with E-state index in [1.54, 1.807) is 0 Å². The first kappa shape index (κ1) is 10.4. The van der Waals surface area contributed by atoms with Crippen molar-refractivity contribution in [3.05, 3.63) is 0 Å². The topological polar surface area (TPSA) is 21.7 Å². The fourth-order valence-corrected chi connectivity index (χ4v) is 2.25. The van der Waals surface area contributed by atoms with Crippen molar-refractivity contribution in [2.75, 3.05) is 32.8 Å². The van der Waals surface area contributed by atoms with Gasteiger partial charge in [0.05, 0.1) is 13.2 Å². The van der Waals surface area contributed by atoms with Gasteiger partial charge in [-0.1, -0.05) is 6.42 Å². The van der Waals surface area contributed by atoms with Crippen molar-refractivity contribution in [2.24, 2.45) is 5.92 Å². The molecule has 14 heavy (non-hydrogen) atoms. The van der Waals surface area contributed by atoms with Crippen molar-refractivity contribution >= 4 is 0 Å². The summed E-state index contributed by atoms with van der Waals surface area (Å²) >= 11 is 0. The third-order valence-electron chi connectivity index (χ3n) is 3.10. The molecule has 2 aliphatic heterocycles. The summed E-state index contributed by atoms with van der Waals surface area (Å²) in [5, 5.41) is 0. The van der Waals surface area contributed by atoms with Gasteiger partial charge in [-0.3, -0.25) is 0 Å². The van der Waals surface area contributed by atoms with Gasteiger partial charge in [0.15, 0.2) is 6.29 Å². The van der Waals surface area contributed by atoms with Crippen molar-refractivity contribution in [3.63, 3.8) is 0 Å². The van der Waals surface area contributed by atoms with Gasteiger partial charge in [-0.05, 0) is 32.9 Å². The molecule has 2 saturated heterocycles. The fourth-order valence-electron chi connectivity index (χ4n) is 2.25. The molecule has 82 valence electrons. The molecule has 0 amide bonds. The molecule has 0 radical (unpaired) electrons. The molecule has 0 aromatic heterocycles. The molecule has 0 aromatic carbocycles. The average Bonchev–Trinajstić information content (AvgIpc) is 2.23. The second kappa shape index (κ2) is 5.10. The van der Waals surface area contributed by atoms with E-state index in [1.165, 1.54) is 32.4 Å². The first-order chi connectivity index (χ1) is 6.84. The molecule has 0 N–H and O–H groups in total. The number of hydrogen-bond donors (Lipinski definition) is 0. The molecule has 0 unspecified atom stereocenters. The maximum atomic E-state index is 5.48. The van der Waals surface area contributed by atoms with Crippen LogP contribution < -0.4 is 0 Å². The minimum Gasteiger partial charge on any atom is -0.353 e. The Balaban J connectivity index is 1.68. The van der Waals surface area contributed by atoms with Gasteiger partial charge in [0.25, 0.3) is 0 Å². The van der Waals surface area contributed by atoms with E-state index in [9.17, 15) is 0 Å². The van der Waals surface area contributed by atoms with Crippen molar-refractivity contribution in [3.8, 4) is 0 Å². The molecule has 0 aliphatic carbocycles. The van der Waals surface area contributed by atoms with Crippen LogP contribution in [0.4, 0.5) is 0 Å². The minimum absolute atomic E-state index is 0.00704. The fraction of sp³-hybridized carbons (Fsp3) is 1.00. The Morgan fingerprint density at radius 1 is 1.07 bits per heavy atom. The lowest BCUT2D eigenvalue weighted by molar-refractivity contribution is -0.192. The molecule has 2 aliphatic rings. The van der Waals surface area contributed by atoms with E-state index in [1.807, 2.05) is 6.92 Å². The van der Waals surface area contributed by atoms with Gasteiger partial charge in [-0.25, -0.2) is 0 Å². The highest BCUT2D eigenvalue weighted by atomic mass is 16.7. The largest absolute Gasteiger partial charge is 0.353 e. The van der Waals surface area contributed by atoms with Gasteiger partial charge in [0, 0.05) is 12.5 Å². The van der Waals surface area contributed by atoms with Gasteiger partial charge >= 0.3 is 0 Å². The van der Waals surface area contributed by atoms with E-state index in [-0.39, 0.29) is 6.29 Å². The first-order valence-corrected chi connectivity index (χ1v) is 5.80. The summed E-state index contributed by atoms with van der Waals surface area (Å²) in [7, 11) is 0. The van der Waals surface area contributed by atoms with Gasteiger partial charge in [0.2, 0.25) is 0 Å². The third kappa shape index (κ3) is 2.94. The molecule has 2 heterocycles. The summed E-state index contributed by atoms with van der Waals surface area (Å²) in [6, 6.07) is 0. The smallest absolute Gasteiger partial charge is 0.154 e. The molecule has 2 fully saturated rings. The number of rotatable bonds is 2. The highest BCUT2D eigenvalue weighted by Crippen LogP contribution is 2.15. The Morgan fingerprint density at radius 3 is 2.36 bits per heavy atom. The first-order valence-electron chi connectivity index (χ1n) is 5.80. The quantitative estimate of drug-likeness (QED) is 0.672. The summed E-state index contributed by atoms with van der Waals surface area (Å²) in [5.74, 6) is 0.587. The van der Waals surface area contributed by atoms with E-state index < -0.39 is 0 Å². The van der Waals surface area contributed by atoms with Gasteiger partial charge in [-0.15, -0.1) is 0 Å². The van der Waals surface area contributed by atoms with Crippen LogP contribution in [0.5, 0.6) is 0 Å². The zero-order chi connectivity index (χ0) is 9.80. The predicted molar refractivity (Wildman–Crippen MR) is 55.1 cm³/mol. The Labute approximate surface area is 86.4 Å². The highest BCUT2D eigenvalue weighted by molar-refractivity contribution is 4.71. The molecular formula is C11H21NO2. The lowest BCUT2D eigenvalue weighted by Gasteiger charge is -2.33. The zero-order valence-corrected chi connectivity index (χ0v) is 9.08. The Morgan fingerprint density at radius 2 is 1.71 bits per heavy atom. The molecule has 0 aromatic rings. The Bertz CT molecular complexity index is 161. The SMILES string of the molecule is CC1OCC(CN2CCCCC2)CO1. The van der Waals surface area contributed by atoms with Crippen molar-refractivity contribution in [1.82, 2.24) is 4.90 Å². The normalized spacial score (nSPS) is 35.8. The van der Waals surface area contributed by atoms with Crippen molar-refractivity contribution < 1.29 is 9.47 Å². The average molecular weight is 199 g/mol. The lowest BCUT2D eigenvalue weighted by atomic mass is 10.1. The van der Waals surface area contributed by atoms with Crippen LogP contribution >= 0.6 is 0 Å². The molecule has 0 atom stereocenters. The van der Waals surface area contributed by atoms with E-state index in [2.05, 4.69) is 4.90 Å². The monoisotopic (exact) mass is 199 g/mol. The second-order valence-electron chi connectivity index (χ2n) is 4.46. The summed E-state index contributed by atoms with van der Waals surface area (Å²) in [6.07, 6.45) is 4.15. The van der Waals surface area contributed by atoms with Crippen LogP contribution in [0.3, 0.4) is 0 Å². The molecule has 2 rings (SSSR count). The number of piperidine rings is 1. The van der Waals surface area contributed by atoms with E-state index in [0.717, 1.165) is 19.8 Å². The highest BCUT2D eigenvalue weighted by Gasteiger charge is 2.22. The van der Waals surface area contributed by atoms with E-state index >= 15 is 0 Å². The molecule has 3 nitrogen and oxygen atoms in total. The lowest BCUT2D eigenvalue weighted by Crippen LogP contribution is -2.40. The van der Waals surface area contributed by atoms with Crippen LogP contribution in [0.1, 0.15) is 26.2 Å². The molecule has 0 bridgehead atoms. The van der Waals surface area contributed by atoms with Crippen LogP contribution in [0.15, 0.2) is 0 Å². The van der Waals surface area contributed by atoms with Crippen molar-refractivity contribution in [1.29, 1.82) is 0 Å². The minimum atomic E-state index is 0.00704. The molecule has 0 saturated carbocycles. The summed E-state index contributed by atoms with van der Waals surface area (Å²) in [6.45, 7) is 7.41. The molecule has 0 spiro atoms. The van der Waals surface area contributed by atoms with Crippen molar-refractivity contribution in [2.45, 2.75) is 32.5 Å². The standard InChI is InChI=1S/C11H21NO2/c1-10-13-8-11(9-14-10)7-12-5-3-2-4-6-12/h10-11H,2-9H2,1H3. The van der Waals surface area contributed by atoms with Gasteiger partial charge < -0.3 is 14.4 Å². The summed E-state index contributed by atoms with van der Waals surface area (Å²) < 4.78 is 11.0. The Hall–Kier alpha value is -0.120. The van der Waals surface area contributed by atoms with Crippen LogP contribution in [0, 0.1) is 5.92 Å². The summed E-state index contributed by atoms with van der Waals surface area (Å²) in [4.78, 5) is 2.55. The van der Waals surface area contributed by atoms with Crippen LogP contribution in [0.2, 0.25) is 0 Å². The van der Waals surface area contributed by atoms with E-state index in [4.69, 9.17) is 9.47 Å². The maximum absolute atomic E-state index is 5.48. The molecule has 3 heteroatoms. The second-order valence-corrected chi connectivity index (χ2v) is 4.46. The molecular weight excluding hydrogens is 178 g/mol. The van der Waals surface area contributed by atoms with Gasteiger partial charge in [-0.2, -0.15) is 0 Å².